The zero-order chi connectivity index (χ0) is 16.1. The van der Waals surface area contributed by atoms with Gasteiger partial charge in [-0.1, -0.05) is 18.2 Å². The van der Waals surface area contributed by atoms with Gasteiger partial charge in [0.1, 0.15) is 0 Å². The lowest BCUT2D eigenvalue weighted by Gasteiger charge is -2.11. The van der Waals surface area contributed by atoms with Crippen molar-refractivity contribution in [3.8, 4) is 0 Å². The van der Waals surface area contributed by atoms with Crippen LogP contribution in [0.15, 0.2) is 48.9 Å². The molecular formula is C17H18N6. The first-order valence-corrected chi connectivity index (χ1v) is 7.38. The van der Waals surface area contributed by atoms with Gasteiger partial charge in [-0.05, 0) is 42.7 Å². The molecule has 0 atom stereocenters. The minimum atomic E-state index is 0.476. The van der Waals surface area contributed by atoms with E-state index in [-0.39, 0.29) is 0 Å². The van der Waals surface area contributed by atoms with E-state index in [4.69, 9.17) is 0 Å². The standard InChI is InChI=1S/C17H18N6/c1-12-5-3-7-15(13(12)2)21-16-11-20-23-17(22-16)19-10-14-6-4-8-18-9-14/h3-9,11H,10H2,1-2H3,(H2,19,21,22,23). The molecule has 6 nitrogen and oxygen atoms in total. The number of rotatable bonds is 5. The van der Waals surface area contributed by atoms with Crippen LogP contribution in [0.3, 0.4) is 0 Å². The van der Waals surface area contributed by atoms with Crippen molar-refractivity contribution in [2.24, 2.45) is 0 Å². The molecule has 0 saturated carbocycles. The van der Waals surface area contributed by atoms with E-state index in [2.05, 4.69) is 50.7 Å². The van der Waals surface area contributed by atoms with Gasteiger partial charge in [0.25, 0.3) is 0 Å². The van der Waals surface area contributed by atoms with Crippen molar-refractivity contribution in [3.05, 3.63) is 65.6 Å². The van der Waals surface area contributed by atoms with Crippen molar-refractivity contribution in [2.45, 2.75) is 20.4 Å². The molecule has 2 N–H and O–H groups in total. The summed E-state index contributed by atoms with van der Waals surface area (Å²) in [7, 11) is 0. The maximum absolute atomic E-state index is 4.44. The molecule has 0 spiro atoms. The summed E-state index contributed by atoms with van der Waals surface area (Å²) in [4.78, 5) is 8.52. The molecule has 0 aliphatic rings. The average Bonchev–Trinajstić information content (AvgIpc) is 2.59. The SMILES string of the molecule is Cc1cccc(Nc2cnnc(NCc3cccnc3)n2)c1C. The highest BCUT2D eigenvalue weighted by Crippen LogP contribution is 2.21. The third-order valence-corrected chi connectivity index (χ3v) is 3.60. The van der Waals surface area contributed by atoms with E-state index in [0.29, 0.717) is 18.3 Å². The molecule has 23 heavy (non-hydrogen) atoms. The average molecular weight is 306 g/mol. The van der Waals surface area contributed by atoms with Crippen LogP contribution in [0.4, 0.5) is 17.5 Å². The van der Waals surface area contributed by atoms with E-state index in [1.54, 1.807) is 18.6 Å². The molecule has 6 heteroatoms. The molecule has 116 valence electrons. The Balaban J connectivity index is 1.71. The Morgan fingerprint density at radius 1 is 1.04 bits per heavy atom. The van der Waals surface area contributed by atoms with Crippen LogP contribution in [0.2, 0.25) is 0 Å². The Morgan fingerprint density at radius 3 is 2.78 bits per heavy atom. The van der Waals surface area contributed by atoms with Gasteiger partial charge < -0.3 is 10.6 Å². The maximum Gasteiger partial charge on any atom is 0.244 e. The number of anilines is 3. The lowest BCUT2D eigenvalue weighted by molar-refractivity contribution is 0.946. The van der Waals surface area contributed by atoms with Crippen molar-refractivity contribution < 1.29 is 0 Å². The summed E-state index contributed by atoms with van der Waals surface area (Å²) in [5.41, 5.74) is 4.50. The Bertz CT molecular complexity index is 788. The van der Waals surface area contributed by atoms with Crippen LogP contribution in [-0.2, 0) is 6.54 Å². The van der Waals surface area contributed by atoms with E-state index in [0.717, 1.165) is 11.3 Å². The van der Waals surface area contributed by atoms with Crippen molar-refractivity contribution >= 4 is 17.5 Å². The second kappa shape index (κ2) is 6.83. The van der Waals surface area contributed by atoms with Crippen LogP contribution >= 0.6 is 0 Å². The molecule has 2 heterocycles. The van der Waals surface area contributed by atoms with Crippen LogP contribution in [0, 0.1) is 13.8 Å². The Kier molecular flexibility index (Phi) is 4.42. The predicted molar refractivity (Wildman–Crippen MR) is 90.6 cm³/mol. The first kappa shape index (κ1) is 14.9. The van der Waals surface area contributed by atoms with Gasteiger partial charge in [0.05, 0.1) is 6.20 Å². The monoisotopic (exact) mass is 306 g/mol. The molecule has 0 aliphatic carbocycles. The lowest BCUT2D eigenvalue weighted by Crippen LogP contribution is -2.07. The van der Waals surface area contributed by atoms with Gasteiger partial charge in [-0.3, -0.25) is 4.98 Å². The van der Waals surface area contributed by atoms with Gasteiger partial charge in [-0.25, -0.2) is 0 Å². The Hall–Kier alpha value is -3.02. The minimum absolute atomic E-state index is 0.476. The van der Waals surface area contributed by atoms with E-state index >= 15 is 0 Å². The largest absolute Gasteiger partial charge is 0.349 e. The molecule has 0 aliphatic heterocycles. The Morgan fingerprint density at radius 2 is 1.96 bits per heavy atom. The molecule has 0 saturated heterocycles. The molecule has 0 radical (unpaired) electrons. The molecule has 0 amide bonds. The van der Waals surface area contributed by atoms with Crippen LogP contribution in [0.5, 0.6) is 0 Å². The third-order valence-electron chi connectivity index (χ3n) is 3.60. The number of benzene rings is 1. The van der Waals surface area contributed by atoms with Crippen molar-refractivity contribution in [1.29, 1.82) is 0 Å². The predicted octanol–water partition coefficient (Wildman–Crippen LogP) is 3.24. The molecule has 0 unspecified atom stereocenters. The number of nitrogens with one attached hydrogen (secondary N) is 2. The quantitative estimate of drug-likeness (QED) is 0.753. The number of aromatic nitrogens is 4. The van der Waals surface area contributed by atoms with Gasteiger partial charge in [-0.15, -0.1) is 5.10 Å². The van der Waals surface area contributed by atoms with Crippen molar-refractivity contribution in [1.82, 2.24) is 20.2 Å². The smallest absolute Gasteiger partial charge is 0.244 e. The minimum Gasteiger partial charge on any atom is -0.349 e. The molecule has 0 bridgehead atoms. The number of hydrogen-bond acceptors (Lipinski definition) is 6. The Labute approximate surface area is 135 Å². The fourth-order valence-corrected chi connectivity index (χ4v) is 2.15. The van der Waals surface area contributed by atoms with Crippen LogP contribution in [0.1, 0.15) is 16.7 Å². The highest BCUT2D eigenvalue weighted by Gasteiger charge is 2.04. The zero-order valence-electron chi connectivity index (χ0n) is 13.1. The summed E-state index contributed by atoms with van der Waals surface area (Å²) in [5.74, 6) is 1.13. The molecular weight excluding hydrogens is 288 g/mol. The number of nitrogens with zero attached hydrogens (tertiary/aromatic N) is 4. The highest BCUT2D eigenvalue weighted by molar-refractivity contribution is 5.61. The summed E-state index contributed by atoms with van der Waals surface area (Å²) >= 11 is 0. The van der Waals surface area contributed by atoms with E-state index in [9.17, 15) is 0 Å². The second-order valence-electron chi connectivity index (χ2n) is 5.25. The fraction of sp³-hybridized carbons (Fsp3) is 0.176. The van der Waals surface area contributed by atoms with Gasteiger partial charge in [-0.2, -0.15) is 10.1 Å². The molecule has 0 fully saturated rings. The fourth-order valence-electron chi connectivity index (χ4n) is 2.15. The third kappa shape index (κ3) is 3.79. The van der Waals surface area contributed by atoms with E-state index < -0.39 is 0 Å². The van der Waals surface area contributed by atoms with Gasteiger partial charge in [0, 0.05) is 24.6 Å². The number of pyridine rings is 1. The van der Waals surface area contributed by atoms with Crippen LogP contribution in [-0.4, -0.2) is 20.2 Å². The first-order chi connectivity index (χ1) is 11.2. The highest BCUT2D eigenvalue weighted by atomic mass is 15.3. The van der Waals surface area contributed by atoms with E-state index in [1.165, 1.54) is 11.1 Å². The zero-order valence-corrected chi connectivity index (χ0v) is 13.1. The van der Waals surface area contributed by atoms with Crippen LogP contribution in [0.25, 0.3) is 0 Å². The topological polar surface area (TPSA) is 75.6 Å². The number of hydrogen-bond donors (Lipinski definition) is 2. The van der Waals surface area contributed by atoms with Crippen LogP contribution < -0.4 is 10.6 Å². The molecule has 3 rings (SSSR count). The van der Waals surface area contributed by atoms with Gasteiger partial charge in [0.2, 0.25) is 5.95 Å². The number of aryl methyl sites for hydroxylation is 1. The molecule has 1 aromatic carbocycles. The van der Waals surface area contributed by atoms with Gasteiger partial charge in [0.15, 0.2) is 5.82 Å². The summed E-state index contributed by atoms with van der Waals surface area (Å²) < 4.78 is 0. The maximum atomic E-state index is 4.44. The molecule has 2 aromatic heterocycles. The molecule has 3 aromatic rings. The summed E-state index contributed by atoms with van der Waals surface area (Å²) in [5, 5.41) is 14.4. The summed E-state index contributed by atoms with van der Waals surface area (Å²) in [6.45, 7) is 4.76. The van der Waals surface area contributed by atoms with E-state index in [1.807, 2.05) is 24.3 Å². The summed E-state index contributed by atoms with van der Waals surface area (Å²) in [6, 6.07) is 10.0. The van der Waals surface area contributed by atoms with Gasteiger partial charge >= 0.3 is 0 Å². The second-order valence-corrected chi connectivity index (χ2v) is 5.25. The summed E-state index contributed by atoms with van der Waals surface area (Å²) in [6.07, 6.45) is 5.16. The lowest BCUT2D eigenvalue weighted by atomic mass is 10.1. The van der Waals surface area contributed by atoms with Crippen molar-refractivity contribution in [3.63, 3.8) is 0 Å². The first-order valence-electron chi connectivity index (χ1n) is 7.38. The normalized spacial score (nSPS) is 10.3. The van der Waals surface area contributed by atoms with Crippen molar-refractivity contribution in [2.75, 3.05) is 10.6 Å².